The number of rotatable bonds is 2. The highest BCUT2D eigenvalue weighted by Crippen LogP contribution is 2.36. The second-order valence-corrected chi connectivity index (χ2v) is 7.24. The quantitative estimate of drug-likeness (QED) is 0.462. The van der Waals surface area contributed by atoms with Gasteiger partial charge in [0, 0.05) is 9.13 Å². The van der Waals surface area contributed by atoms with Gasteiger partial charge >= 0.3 is 6.03 Å². The molecule has 116 valence electrons. The summed E-state index contributed by atoms with van der Waals surface area (Å²) in [5.41, 5.74) is 0.159. The summed E-state index contributed by atoms with van der Waals surface area (Å²) in [4.78, 5) is 24.8. The predicted octanol–water partition coefficient (Wildman–Crippen LogP) is 3.13. The van der Waals surface area contributed by atoms with Crippen molar-refractivity contribution in [1.82, 2.24) is 10.3 Å². The fourth-order valence-electron chi connectivity index (χ4n) is 3.00. The lowest BCUT2D eigenvalue weighted by Crippen LogP contribution is -2.49. The van der Waals surface area contributed by atoms with E-state index in [2.05, 4.69) is 39.9 Å². The van der Waals surface area contributed by atoms with Gasteiger partial charge in [-0.15, -0.1) is 5.01 Å². The highest BCUT2D eigenvalue weighted by atomic mass is 127. The molecule has 0 radical (unpaired) electrons. The molecule has 0 bridgehead atoms. The maximum absolute atomic E-state index is 12.6. The van der Waals surface area contributed by atoms with Gasteiger partial charge in [0.15, 0.2) is 0 Å². The van der Waals surface area contributed by atoms with E-state index in [-0.39, 0.29) is 5.91 Å². The Morgan fingerprint density at radius 2 is 2.00 bits per heavy atom. The zero-order valence-electron chi connectivity index (χ0n) is 12.4. The molecule has 1 spiro atoms. The lowest BCUT2D eigenvalue weighted by molar-refractivity contribution is -0.132. The van der Waals surface area contributed by atoms with Gasteiger partial charge in [0.1, 0.15) is 5.54 Å². The molecule has 0 aromatic heterocycles. The summed E-state index contributed by atoms with van der Waals surface area (Å²) < 4.78 is 1.03. The number of benzene rings is 1. The number of urea groups is 1. The van der Waals surface area contributed by atoms with E-state index in [1.54, 1.807) is 6.21 Å². The number of amides is 3. The number of carbonyl (C=O) groups is 2. The lowest BCUT2D eigenvalue weighted by Gasteiger charge is -2.33. The molecular formula is C16H18IN3O2. The van der Waals surface area contributed by atoms with Crippen LogP contribution in [0.3, 0.4) is 0 Å². The van der Waals surface area contributed by atoms with Gasteiger partial charge in [0.25, 0.3) is 5.91 Å². The maximum Gasteiger partial charge on any atom is 0.346 e. The molecule has 1 aromatic rings. The lowest BCUT2D eigenvalue weighted by atomic mass is 9.77. The SMILES string of the molecule is CC1CCC2(CC1)NC(=O)N(/N=C\c1ccccc1I)C2=O. The molecule has 22 heavy (non-hydrogen) atoms. The van der Waals surface area contributed by atoms with Crippen LogP contribution in [0.15, 0.2) is 29.4 Å². The molecule has 0 unspecified atom stereocenters. The highest BCUT2D eigenvalue weighted by Gasteiger charge is 2.52. The van der Waals surface area contributed by atoms with Gasteiger partial charge < -0.3 is 5.32 Å². The van der Waals surface area contributed by atoms with Gasteiger partial charge in [-0.3, -0.25) is 4.79 Å². The minimum atomic E-state index is -0.731. The molecule has 0 atom stereocenters. The summed E-state index contributed by atoms with van der Waals surface area (Å²) in [6.45, 7) is 2.18. The van der Waals surface area contributed by atoms with E-state index < -0.39 is 11.6 Å². The third kappa shape index (κ3) is 2.76. The van der Waals surface area contributed by atoms with Gasteiger partial charge in [-0.1, -0.05) is 25.1 Å². The van der Waals surface area contributed by atoms with E-state index >= 15 is 0 Å². The van der Waals surface area contributed by atoms with E-state index in [4.69, 9.17) is 0 Å². The Hall–Kier alpha value is -1.44. The number of nitrogens with one attached hydrogen (secondary N) is 1. The second kappa shape index (κ2) is 5.98. The van der Waals surface area contributed by atoms with Crippen molar-refractivity contribution in [3.05, 3.63) is 33.4 Å². The molecule has 1 aromatic carbocycles. The van der Waals surface area contributed by atoms with Crippen molar-refractivity contribution in [2.24, 2.45) is 11.0 Å². The zero-order valence-corrected chi connectivity index (χ0v) is 14.5. The van der Waals surface area contributed by atoms with Crippen LogP contribution in [-0.2, 0) is 4.79 Å². The minimum absolute atomic E-state index is 0.216. The first-order valence-corrected chi connectivity index (χ1v) is 8.55. The number of halogens is 1. The summed E-state index contributed by atoms with van der Waals surface area (Å²) in [5.74, 6) is 0.394. The van der Waals surface area contributed by atoms with Crippen LogP contribution in [0.1, 0.15) is 38.2 Å². The number of hydrogen-bond donors (Lipinski definition) is 1. The van der Waals surface area contributed by atoms with Gasteiger partial charge in [0.2, 0.25) is 0 Å². The summed E-state index contributed by atoms with van der Waals surface area (Å²) in [6, 6.07) is 7.28. The molecule has 1 N–H and O–H groups in total. The standard InChI is InChI=1S/C16H18IN3O2/c1-11-6-8-16(9-7-11)14(21)20(15(22)19-16)18-10-12-4-2-3-5-13(12)17/h2-5,10-11H,6-9H2,1H3,(H,19,22)/b18-10-. The Labute approximate surface area is 143 Å². The Balaban J connectivity index is 1.79. The molecule has 5 nitrogen and oxygen atoms in total. The van der Waals surface area contributed by atoms with Crippen LogP contribution in [0.4, 0.5) is 4.79 Å². The Morgan fingerprint density at radius 1 is 1.32 bits per heavy atom. The van der Waals surface area contributed by atoms with Crippen molar-refractivity contribution in [2.45, 2.75) is 38.1 Å². The molecule has 3 amide bonds. The fourth-order valence-corrected chi connectivity index (χ4v) is 3.53. The van der Waals surface area contributed by atoms with E-state index in [0.717, 1.165) is 27.0 Å². The van der Waals surface area contributed by atoms with Crippen LogP contribution in [0.5, 0.6) is 0 Å². The van der Waals surface area contributed by atoms with Crippen LogP contribution in [0.2, 0.25) is 0 Å². The van der Waals surface area contributed by atoms with E-state index in [9.17, 15) is 9.59 Å². The molecule has 1 saturated carbocycles. The number of hydrazone groups is 1. The number of imide groups is 1. The minimum Gasteiger partial charge on any atom is -0.321 e. The van der Waals surface area contributed by atoms with Crippen LogP contribution in [0, 0.1) is 9.49 Å². The van der Waals surface area contributed by atoms with Crippen molar-refractivity contribution in [2.75, 3.05) is 0 Å². The first kappa shape index (κ1) is 15.5. The summed E-state index contributed by atoms with van der Waals surface area (Å²) in [7, 11) is 0. The van der Waals surface area contributed by atoms with Crippen LogP contribution in [0.25, 0.3) is 0 Å². The van der Waals surface area contributed by atoms with Crippen LogP contribution >= 0.6 is 22.6 Å². The normalized spacial score (nSPS) is 28.6. The number of carbonyl (C=O) groups excluding carboxylic acids is 2. The third-order valence-electron chi connectivity index (χ3n) is 4.49. The second-order valence-electron chi connectivity index (χ2n) is 6.08. The Morgan fingerprint density at radius 3 is 2.68 bits per heavy atom. The van der Waals surface area contributed by atoms with Crippen LogP contribution in [-0.4, -0.2) is 28.7 Å². The fraction of sp³-hybridized carbons (Fsp3) is 0.438. The monoisotopic (exact) mass is 411 g/mol. The molecule has 6 heteroatoms. The third-order valence-corrected chi connectivity index (χ3v) is 5.47. The van der Waals surface area contributed by atoms with Gasteiger partial charge in [-0.25, -0.2) is 4.79 Å². The Kier molecular flexibility index (Phi) is 4.20. The maximum atomic E-state index is 12.6. The molecular weight excluding hydrogens is 393 g/mol. The van der Waals surface area contributed by atoms with Crippen molar-refractivity contribution >= 4 is 40.7 Å². The molecule has 2 aliphatic rings. The molecule has 1 heterocycles. The topological polar surface area (TPSA) is 61.8 Å². The molecule has 1 aliphatic carbocycles. The van der Waals surface area contributed by atoms with E-state index in [1.807, 2.05) is 24.3 Å². The van der Waals surface area contributed by atoms with Gasteiger partial charge in [0.05, 0.1) is 6.21 Å². The summed E-state index contributed by atoms with van der Waals surface area (Å²) in [6.07, 6.45) is 4.89. The largest absolute Gasteiger partial charge is 0.346 e. The first-order valence-electron chi connectivity index (χ1n) is 7.47. The highest BCUT2D eigenvalue weighted by molar-refractivity contribution is 14.1. The first-order chi connectivity index (χ1) is 10.5. The predicted molar refractivity (Wildman–Crippen MR) is 92.5 cm³/mol. The molecule has 1 aliphatic heterocycles. The van der Waals surface area contributed by atoms with Gasteiger partial charge in [-0.05, 0) is 60.3 Å². The Bertz CT molecular complexity index is 636. The zero-order chi connectivity index (χ0) is 15.7. The van der Waals surface area contributed by atoms with Crippen molar-refractivity contribution < 1.29 is 9.59 Å². The summed E-state index contributed by atoms with van der Waals surface area (Å²) >= 11 is 2.20. The van der Waals surface area contributed by atoms with E-state index in [0.29, 0.717) is 18.8 Å². The smallest absolute Gasteiger partial charge is 0.321 e. The summed E-state index contributed by atoms with van der Waals surface area (Å²) in [5, 5.41) is 7.97. The van der Waals surface area contributed by atoms with Crippen molar-refractivity contribution in [3.8, 4) is 0 Å². The van der Waals surface area contributed by atoms with Crippen molar-refractivity contribution in [1.29, 1.82) is 0 Å². The van der Waals surface area contributed by atoms with Crippen LogP contribution < -0.4 is 5.32 Å². The molecule has 3 rings (SSSR count). The number of hydrogen-bond acceptors (Lipinski definition) is 3. The number of nitrogens with zero attached hydrogens (tertiary/aromatic N) is 2. The molecule has 1 saturated heterocycles. The average Bonchev–Trinajstić information content (AvgIpc) is 2.73. The van der Waals surface area contributed by atoms with E-state index in [1.165, 1.54) is 0 Å². The van der Waals surface area contributed by atoms with Crippen molar-refractivity contribution in [3.63, 3.8) is 0 Å². The average molecular weight is 411 g/mol. The van der Waals surface area contributed by atoms with Gasteiger partial charge in [-0.2, -0.15) is 5.10 Å². The molecule has 2 fully saturated rings.